The minimum atomic E-state index is -0.0890. The molecule has 23 heavy (non-hydrogen) atoms. The highest BCUT2D eigenvalue weighted by Gasteiger charge is 2.10. The molecule has 2 aromatic heterocycles. The van der Waals surface area contributed by atoms with Crippen LogP contribution in [0.25, 0.3) is 10.2 Å². The van der Waals surface area contributed by atoms with Crippen molar-refractivity contribution in [2.75, 3.05) is 20.8 Å². The fraction of sp³-hybridized carbons (Fsp3) is 0.235. The van der Waals surface area contributed by atoms with Gasteiger partial charge in [0, 0.05) is 6.54 Å². The van der Waals surface area contributed by atoms with Gasteiger partial charge in [-0.25, -0.2) is 0 Å². The molecule has 0 radical (unpaired) electrons. The van der Waals surface area contributed by atoms with Crippen LogP contribution >= 0.6 is 11.3 Å². The maximum atomic E-state index is 12.1. The predicted octanol–water partition coefficient (Wildman–Crippen LogP) is 3.22. The molecule has 0 aliphatic carbocycles. The predicted molar refractivity (Wildman–Crippen MR) is 91.8 cm³/mol. The van der Waals surface area contributed by atoms with Gasteiger partial charge in [-0.1, -0.05) is 6.07 Å². The van der Waals surface area contributed by atoms with E-state index in [4.69, 9.17) is 9.47 Å². The molecule has 0 saturated heterocycles. The van der Waals surface area contributed by atoms with E-state index in [1.54, 1.807) is 25.6 Å². The number of benzene rings is 1. The zero-order valence-electron chi connectivity index (χ0n) is 13.0. The molecule has 1 aromatic carbocycles. The molecule has 0 aliphatic rings. The summed E-state index contributed by atoms with van der Waals surface area (Å²) in [5, 5.41) is 4.93. The highest BCUT2D eigenvalue weighted by Crippen LogP contribution is 2.27. The highest BCUT2D eigenvalue weighted by molar-refractivity contribution is 7.17. The quantitative estimate of drug-likeness (QED) is 0.729. The zero-order valence-corrected chi connectivity index (χ0v) is 13.8. The third kappa shape index (κ3) is 3.32. The van der Waals surface area contributed by atoms with Crippen LogP contribution < -0.4 is 14.8 Å². The van der Waals surface area contributed by atoms with Crippen molar-refractivity contribution in [2.45, 2.75) is 6.42 Å². The van der Waals surface area contributed by atoms with Gasteiger partial charge in [-0.15, -0.1) is 11.3 Å². The van der Waals surface area contributed by atoms with E-state index < -0.39 is 0 Å². The lowest BCUT2D eigenvalue weighted by Crippen LogP contribution is -2.25. The van der Waals surface area contributed by atoms with Gasteiger partial charge in [0.2, 0.25) is 0 Å². The Morgan fingerprint density at radius 2 is 2.00 bits per heavy atom. The number of carbonyl (C=O) groups excluding carboxylic acids is 1. The molecular formula is C17H18N2O3S. The van der Waals surface area contributed by atoms with E-state index in [1.165, 1.54) is 0 Å². The third-order valence-corrected chi connectivity index (χ3v) is 4.50. The summed E-state index contributed by atoms with van der Waals surface area (Å²) >= 11 is 1.62. The summed E-state index contributed by atoms with van der Waals surface area (Å²) in [6.45, 7) is 0.557. The molecule has 0 bridgehead atoms. The fourth-order valence-corrected chi connectivity index (χ4v) is 3.20. The number of hydrogen-bond acceptors (Lipinski definition) is 4. The molecule has 2 N–H and O–H groups in total. The second kappa shape index (κ2) is 6.75. The van der Waals surface area contributed by atoms with Crippen molar-refractivity contribution in [3.8, 4) is 11.5 Å². The molecule has 120 valence electrons. The Balaban J connectivity index is 1.58. The van der Waals surface area contributed by atoms with Gasteiger partial charge in [0.05, 0.1) is 24.4 Å². The van der Waals surface area contributed by atoms with E-state index in [-0.39, 0.29) is 5.91 Å². The Morgan fingerprint density at radius 1 is 1.17 bits per heavy atom. The van der Waals surface area contributed by atoms with Crippen molar-refractivity contribution < 1.29 is 14.3 Å². The van der Waals surface area contributed by atoms with Crippen LogP contribution in [-0.2, 0) is 6.42 Å². The Bertz CT molecular complexity index is 794. The zero-order chi connectivity index (χ0) is 16.2. The van der Waals surface area contributed by atoms with Gasteiger partial charge in [-0.05, 0) is 41.6 Å². The molecule has 0 saturated carbocycles. The van der Waals surface area contributed by atoms with Crippen LogP contribution in [0.1, 0.15) is 16.1 Å². The standard InChI is InChI=1S/C17H18N2O3S/c1-21-14-4-3-11(9-15(14)22-2)5-7-18-17(20)13-10-16-12(19-13)6-8-23-16/h3-4,6,8-10,19H,5,7H2,1-2H3,(H,18,20). The van der Waals surface area contributed by atoms with E-state index in [1.807, 2.05) is 35.7 Å². The summed E-state index contributed by atoms with van der Waals surface area (Å²) in [5.74, 6) is 1.31. The lowest BCUT2D eigenvalue weighted by atomic mass is 10.1. The number of methoxy groups -OCH3 is 2. The minimum absolute atomic E-state index is 0.0890. The highest BCUT2D eigenvalue weighted by atomic mass is 32.1. The van der Waals surface area contributed by atoms with E-state index in [0.29, 0.717) is 23.7 Å². The van der Waals surface area contributed by atoms with Crippen LogP contribution in [-0.4, -0.2) is 31.7 Å². The van der Waals surface area contributed by atoms with Crippen LogP contribution in [0.3, 0.4) is 0 Å². The van der Waals surface area contributed by atoms with Gasteiger partial charge in [0.25, 0.3) is 5.91 Å². The molecule has 0 spiro atoms. The lowest BCUT2D eigenvalue weighted by molar-refractivity contribution is 0.0950. The molecule has 1 amide bonds. The molecule has 3 rings (SSSR count). The van der Waals surface area contributed by atoms with E-state index >= 15 is 0 Å². The number of aromatic nitrogens is 1. The van der Waals surface area contributed by atoms with Crippen LogP contribution in [0.15, 0.2) is 35.7 Å². The minimum Gasteiger partial charge on any atom is -0.493 e. The molecule has 6 heteroatoms. The smallest absolute Gasteiger partial charge is 0.267 e. The summed E-state index contributed by atoms with van der Waals surface area (Å²) in [5.41, 5.74) is 2.68. The van der Waals surface area contributed by atoms with Gasteiger partial charge < -0.3 is 19.8 Å². The van der Waals surface area contributed by atoms with Gasteiger partial charge in [0.15, 0.2) is 11.5 Å². The first-order valence-corrected chi connectivity index (χ1v) is 8.14. The van der Waals surface area contributed by atoms with Gasteiger partial charge >= 0.3 is 0 Å². The molecule has 5 nitrogen and oxygen atoms in total. The van der Waals surface area contributed by atoms with Crippen LogP contribution in [0, 0.1) is 0 Å². The Morgan fingerprint density at radius 3 is 2.74 bits per heavy atom. The van der Waals surface area contributed by atoms with Crippen molar-refractivity contribution in [1.82, 2.24) is 10.3 Å². The molecular weight excluding hydrogens is 312 g/mol. The first kappa shape index (κ1) is 15.4. The average Bonchev–Trinajstić information content (AvgIpc) is 3.16. The number of H-pyrrole nitrogens is 1. The topological polar surface area (TPSA) is 63.3 Å². The largest absolute Gasteiger partial charge is 0.493 e. The normalized spacial score (nSPS) is 10.7. The molecule has 0 atom stereocenters. The van der Waals surface area contributed by atoms with Crippen molar-refractivity contribution in [1.29, 1.82) is 0 Å². The first-order valence-electron chi connectivity index (χ1n) is 7.26. The second-order valence-electron chi connectivity index (χ2n) is 5.08. The fourth-order valence-electron chi connectivity index (χ4n) is 2.42. The van der Waals surface area contributed by atoms with E-state index in [0.717, 1.165) is 22.2 Å². The maximum absolute atomic E-state index is 12.1. The van der Waals surface area contributed by atoms with Crippen molar-refractivity contribution in [3.05, 3.63) is 47.0 Å². The average molecular weight is 330 g/mol. The van der Waals surface area contributed by atoms with Crippen LogP contribution in [0.2, 0.25) is 0 Å². The van der Waals surface area contributed by atoms with Crippen molar-refractivity contribution in [2.24, 2.45) is 0 Å². The molecule has 3 aromatic rings. The Hall–Kier alpha value is -2.47. The van der Waals surface area contributed by atoms with Crippen molar-refractivity contribution >= 4 is 27.5 Å². The second-order valence-corrected chi connectivity index (χ2v) is 6.02. The number of fused-ring (bicyclic) bond motifs is 1. The summed E-state index contributed by atoms with van der Waals surface area (Å²) in [6.07, 6.45) is 0.723. The number of ether oxygens (including phenoxy) is 2. The third-order valence-electron chi connectivity index (χ3n) is 3.63. The summed E-state index contributed by atoms with van der Waals surface area (Å²) in [7, 11) is 3.22. The Kier molecular flexibility index (Phi) is 4.52. The number of thiophene rings is 1. The Labute approximate surface area is 138 Å². The van der Waals surface area contributed by atoms with Gasteiger partial charge in [-0.2, -0.15) is 0 Å². The van der Waals surface area contributed by atoms with Gasteiger partial charge in [0.1, 0.15) is 5.69 Å². The number of carbonyl (C=O) groups is 1. The number of amides is 1. The number of hydrogen-bond donors (Lipinski definition) is 2. The molecule has 0 fully saturated rings. The van der Waals surface area contributed by atoms with Crippen LogP contribution in [0.4, 0.5) is 0 Å². The van der Waals surface area contributed by atoms with E-state index in [9.17, 15) is 4.79 Å². The summed E-state index contributed by atoms with van der Waals surface area (Å²) < 4.78 is 11.6. The lowest BCUT2D eigenvalue weighted by Gasteiger charge is -2.10. The number of aromatic amines is 1. The number of nitrogens with one attached hydrogen (secondary N) is 2. The van der Waals surface area contributed by atoms with E-state index in [2.05, 4.69) is 10.3 Å². The first-order chi connectivity index (χ1) is 11.2. The van der Waals surface area contributed by atoms with Gasteiger partial charge in [-0.3, -0.25) is 4.79 Å². The SMILES string of the molecule is COc1ccc(CCNC(=O)c2cc3sccc3[nH]2)cc1OC. The summed E-state index contributed by atoms with van der Waals surface area (Å²) in [6, 6.07) is 9.62. The summed E-state index contributed by atoms with van der Waals surface area (Å²) in [4.78, 5) is 15.3. The number of rotatable bonds is 6. The molecule has 0 unspecified atom stereocenters. The maximum Gasteiger partial charge on any atom is 0.267 e. The monoisotopic (exact) mass is 330 g/mol. The molecule has 0 aliphatic heterocycles. The molecule has 2 heterocycles. The van der Waals surface area contributed by atoms with Crippen molar-refractivity contribution in [3.63, 3.8) is 0 Å². The van der Waals surface area contributed by atoms with Crippen LogP contribution in [0.5, 0.6) is 11.5 Å².